The zero-order valence-corrected chi connectivity index (χ0v) is 17.0. The molecule has 148 valence electrons. The summed E-state index contributed by atoms with van der Waals surface area (Å²) in [6.07, 6.45) is 3.03. The van der Waals surface area contributed by atoms with Gasteiger partial charge >= 0.3 is 0 Å². The molecule has 0 heterocycles. The minimum absolute atomic E-state index is 0.00692. The van der Waals surface area contributed by atoms with Crippen molar-refractivity contribution in [1.82, 2.24) is 5.43 Å². The molecular formula is C19H21Cl2N5O2. The molecule has 9 heteroatoms. The highest BCUT2D eigenvalue weighted by Gasteiger charge is 2.03. The monoisotopic (exact) mass is 421 g/mol. The first kappa shape index (κ1) is 21.5. The van der Waals surface area contributed by atoms with Crippen molar-refractivity contribution in [1.29, 1.82) is 0 Å². The van der Waals surface area contributed by atoms with Gasteiger partial charge in [-0.15, -0.1) is 5.10 Å². The molecule has 0 aliphatic rings. The van der Waals surface area contributed by atoms with Crippen LogP contribution in [0.4, 0.5) is 0 Å². The topological polar surface area (TPSA) is 93.6 Å². The quantitative estimate of drug-likeness (QED) is 0.381. The van der Waals surface area contributed by atoms with Crippen LogP contribution in [0.1, 0.15) is 25.0 Å². The number of nitrogens with zero attached hydrogens (tertiary/aromatic N) is 3. The van der Waals surface area contributed by atoms with E-state index in [2.05, 4.69) is 20.7 Å². The Labute approximate surface area is 173 Å². The number of halogens is 2. The molecule has 0 unspecified atom stereocenters. The molecule has 2 aromatic carbocycles. The molecule has 0 amide bonds. The first-order chi connectivity index (χ1) is 13.5. The molecule has 3 N–H and O–H groups in total. The second kappa shape index (κ2) is 11.2. The summed E-state index contributed by atoms with van der Waals surface area (Å²) in [5.74, 6) is 1.32. The maximum absolute atomic E-state index is 6.01. The summed E-state index contributed by atoms with van der Waals surface area (Å²) in [6, 6.07) is 10.5. The molecular weight excluding hydrogens is 401 g/mol. The predicted molar refractivity (Wildman–Crippen MR) is 115 cm³/mol. The van der Waals surface area contributed by atoms with Gasteiger partial charge in [0.05, 0.1) is 25.6 Å². The number of guanidine groups is 1. The van der Waals surface area contributed by atoms with E-state index in [9.17, 15) is 0 Å². The molecule has 0 saturated carbocycles. The van der Waals surface area contributed by atoms with E-state index in [4.69, 9.17) is 38.4 Å². The summed E-state index contributed by atoms with van der Waals surface area (Å²) in [4.78, 5) is 0. The Hall–Kier alpha value is -2.77. The fourth-order valence-electron chi connectivity index (χ4n) is 2.16. The zero-order valence-electron chi connectivity index (χ0n) is 15.5. The van der Waals surface area contributed by atoms with Crippen LogP contribution in [0.3, 0.4) is 0 Å². The van der Waals surface area contributed by atoms with Crippen LogP contribution < -0.4 is 20.6 Å². The van der Waals surface area contributed by atoms with E-state index < -0.39 is 0 Å². The van der Waals surface area contributed by atoms with Gasteiger partial charge in [-0.25, -0.2) is 5.43 Å². The summed E-state index contributed by atoms with van der Waals surface area (Å²) in [7, 11) is 0. The van der Waals surface area contributed by atoms with Crippen LogP contribution in [0.2, 0.25) is 10.0 Å². The Balaban J connectivity index is 2.04. The Kier molecular flexibility index (Phi) is 8.58. The van der Waals surface area contributed by atoms with Crippen molar-refractivity contribution in [2.75, 3.05) is 13.2 Å². The number of rotatable bonds is 8. The number of hydrogen-bond donors (Lipinski definition) is 2. The van der Waals surface area contributed by atoms with Gasteiger partial charge < -0.3 is 15.2 Å². The van der Waals surface area contributed by atoms with Crippen LogP contribution in [-0.4, -0.2) is 31.6 Å². The van der Waals surface area contributed by atoms with E-state index in [-0.39, 0.29) is 5.96 Å². The van der Waals surface area contributed by atoms with Gasteiger partial charge in [0.2, 0.25) is 5.96 Å². The molecule has 7 nitrogen and oxygen atoms in total. The van der Waals surface area contributed by atoms with Crippen LogP contribution in [0, 0.1) is 0 Å². The van der Waals surface area contributed by atoms with Gasteiger partial charge in [-0.3, -0.25) is 0 Å². The zero-order chi connectivity index (χ0) is 20.4. The first-order valence-electron chi connectivity index (χ1n) is 8.53. The second-order valence-corrected chi connectivity index (χ2v) is 6.20. The summed E-state index contributed by atoms with van der Waals surface area (Å²) in [6.45, 7) is 4.84. The molecule has 0 aliphatic heterocycles. The van der Waals surface area contributed by atoms with Crippen molar-refractivity contribution >= 4 is 41.6 Å². The van der Waals surface area contributed by atoms with Crippen molar-refractivity contribution in [2.45, 2.75) is 13.8 Å². The van der Waals surface area contributed by atoms with Crippen LogP contribution in [0.15, 0.2) is 51.7 Å². The second-order valence-electron chi connectivity index (χ2n) is 5.33. The summed E-state index contributed by atoms with van der Waals surface area (Å²) in [5.41, 5.74) is 9.73. The Morgan fingerprint density at radius 2 is 1.50 bits per heavy atom. The lowest BCUT2D eigenvalue weighted by molar-refractivity contribution is 0.339. The van der Waals surface area contributed by atoms with Crippen molar-refractivity contribution in [2.24, 2.45) is 21.0 Å². The van der Waals surface area contributed by atoms with Gasteiger partial charge in [0.25, 0.3) is 0 Å². The van der Waals surface area contributed by atoms with Crippen LogP contribution in [-0.2, 0) is 0 Å². The van der Waals surface area contributed by atoms with Crippen LogP contribution in [0.5, 0.6) is 11.5 Å². The molecule has 0 bridgehead atoms. The van der Waals surface area contributed by atoms with Crippen LogP contribution >= 0.6 is 23.2 Å². The minimum atomic E-state index is 0.00692. The third-order valence-corrected chi connectivity index (χ3v) is 3.76. The minimum Gasteiger partial charge on any atom is -0.493 e. The van der Waals surface area contributed by atoms with Gasteiger partial charge in [0.1, 0.15) is 11.5 Å². The largest absolute Gasteiger partial charge is 0.493 e. The smallest absolute Gasteiger partial charge is 0.234 e. The number of hydrogen-bond acceptors (Lipinski definition) is 5. The molecule has 0 aliphatic carbocycles. The van der Waals surface area contributed by atoms with Crippen molar-refractivity contribution < 1.29 is 9.47 Å². The van der Waals surface area contributed by atoms with Crippen molar-refractivity contribution in [3.05, 3.63) is 57.6 Å². The lowest BCUT2D eigenvalue weighted by atomic mass is 10.2. The highest BCUT2D eigenvalue weighted by atomic mass is 35.5. The fourth-order valence-corrected chi connectivity index (χ4v) is 2.52. The third kappa shape index (κ3) is 6.75. The van der Waals surface area contributed by atoms with Gasteiger partial charge in [0.15, 0.2) is 0 Å². The van der Waals surface area contributed by atoms with Gasteiger partial charge in [-0.2, -0.15) is 10.2 Å². The Morgan fingerprint density at radius 3 is 2.04 bits per heavy atom. The number of nitrogens with one attached hydrogen (secondary N) is 1. The molecule has 2 aromatic rings. The predicted octanol–water partition coefficient (Wildman–Crippen LogP) is 4.06. The standard InChI is InChI=1S/C19H21Cl2N5O2/c1-3-27-17-7-5-15(20)9-13(17)11-23-25-19(22)26-24-12-14-10-16(21)6-8-18(14)28-4-2/h5-12H,3-4H2,1-2H3,(H3,22,25,26)/b23-11+,24-12+. The van der Waals surface area contributed by atoms with Crippen LogP contribution in [0.25, 0.3) is 0 Å². The molecule has 2 rings (SSSR count). The lowest BCUT2D eigenvalue weighted by Crippen LogP contribution is -2.26. The van der Waals surface area contributed by atoms with Gasteiger partial charge in [-0.05, 0) is 50.2 Å². The Morgan fingerprint density at radius 1 is 0.964 bits per heavy atom. The van der Waals surface area contributed by atoms with Crippen molar-refractivity contribution in [3.63, 3.8) is 0 Å². The Bertz CT molecular complexity index is 885. The van der Waals surface area contributed by atoms with E-state index in [0.717, 1.165) is 0 Å². The SMILES string of the molecule is CCOc1ccc(Cl)cc1/C=N/N=C(N)N/N=C/c1cc(Cl)ccc1OCC. The van der Waals surface area contributed by atoms with E-state index in [1.165, 1.54) is 12.4 Å². The average Bonchev–Trinajstić information content (AvgIpc) is 2.66. The highest BCUT2D eigenvalue weighted by molar-refractivity contribution is 6.31. The molecule has 0 aromatic heterocycles. The summed E-state index contributed by atoms with van der Waals surface area (Å²) < 4.78 is 11.0. The van der Waals surface area contributed by atoms with E-state index >= 15 is 0 Å². The fraction of sp³-hybridized carbons (Fsp3) is 0.211. The van der Waals surface area contributed by atoms with E-state index in [0.29, 0.717) is 45.9 Å². The highest BCUT2D eigenvalue weighted by Crippen LogP contribution is 2.22. The van der Waals surface area contributed by atoms with Crippen molar-refractivity contribution in [3.8, 4) is 11.5 Å². The first-order valence-corrected chi connectivity index (χ1v) is 9.29. The molecule has 0 atom stereocenters. The summed E-state index contributed by atoms with van der Waals surface area (Å²) in [5, 5.41) is 12.9. The third-order valence-electron chi connectivity index (χ3n) is 3.29. The maximum atomic E-state index is 6.01. The molecule has 0 fully saturated rings. The molecule has 28 heavy (non-hydrogen) atoms. The molecule has 0 saturated heterocycles. The molecule has 0 spiro atoms. The number of ether oxygens (including phenoxy) is 2. The average molecular weight is 422 g/mol. The summed E-state index contributed by atoms with van der Waals surface area (Å²) >= 11 is 12.0. The van der Waals surface area contributed by atoms with E-state index in [1.54, 1.807) is 36.4 Å². The lowest BCUT2D eigenvalue weighted by Gasteiger charge is -2.07. The number of hydrazone groups is 1. The maximum Gasteiger partial charge on any atom is 0.234 e. The van der Waals surface area contributed by atoms with E-state index in [1.807, 2.05) is 13.8 Å². The van der Waals surface area contributed by atoms with Gasteiger partial charge in [0, 0.05) is 21.2 Å². The number of benzene rings is 2. The normalized spacial score (nSPS) is 11.9. The number of nitrogens with two attached hydrogens (primary N) is 1. The van der Waals surface area contributed by atoms with Gasteiger partial charge in [-0.1, -0.05) is 23.2 Å². The molecule has 0 radical (unpaired) electrons.